The zero-order chi connectivity index (χ0) is 24.6. The molecule has 1 N–H and O–H groups in total. The molecule has 2 aromatic carbocycles. The number of carbonyl (C=O) groups is 2. The number of likely N-dealkylation sites (tertiary alicyclic amines) is 1. The lowest BCUT2D eigenvalue weighted by Crippen LogP contribution is -2.68. The van der Waals surface area contributed by atoms with Crippen molar-refractivity contribution < 1.29 is 19.4 Å². The van der Waals surface area contributed by atoms with Crippen LogP contribution in [0.2, 0.25) is 0 Å². The minimum atomic E-state index is -0.688. The summed E-state index contributed by atoms with van der Waals surface area (Å²) >= 11 is 0. The fourth-order valence-corrected chi connectivity index (χ4v) is 6.57. The molecule has 1 amide bonds. The minimum Gasteiger partial charge on any atom is -0.508 e. The number of amides is 1. The van der Waals surface area contributed by atoms with E-state index in [1.54, 1.807) is 6.07 Å². The Kier molecular flexibility index (Phi) is 6.34. The smallest absolute Gasteiger partial charge is 0.303 e. The molecule has 5 rings (SSSR count). The maximum atomic E-state index is 13.3. The van der Waals surface area contributed by atoms with E-state index in [2.05, 4.69) is 11.0 Å². The third-order valence-corrected chi connectivity index (χ3v) is 8.51. The van der Waals surface area contributed by atoms with Crippen LogP contribution in [0.15, 0.2) is 54.6 Å². The van der Waals surface area contributed by atoms with Gasteiger partial charge in [-0.3, -0.25) is 14.5 Å². The second-order valence-electron chi connectivity index (χ2n) is 10.8. The first-order chi connectivity index (χ1) is 16.8. The molecule has 35 heavy (non-hydrogen) atoms. The van der Waals surface area contributed by atoms with E-state index in [1.807, 2.05) is 54.4 Å². The molecule has 2 unspecified atom stereocenters. The van der Waals surface area contributed by atoms with Crippen LogP contribution >= 0.6 is 0 Å². The highest BCUT2D eigenvalue weighted by atomic mass is 16.6. The molecule has 2 saturated carbocycles. The molecule has 0 radical (unpaired) electrons. The standard InChI is InChI=1S/C29H36N2O4/c1-21(32)35-29-14-13-25(30(2)27(34)23-7-4-3-5-8-23)18-28(29,24-9-6-10-26(33)17-24)15-16-31(20-29)19-22-11-12-22/h3-10,17,22,25,33H,11-16,18-20H2,1-2H3/t25-,28?,29?/m1/s1. The molecule has 1 aliphatic heterocycles. The van der Waals surface area contributed by atoms with E-state index >= 15 is 0 Å². The first-order valence-corrected chi connectivity index (χ1v) is 12.9. The van der Waals surface area contributed by atoms with Gasteiger partial charge in [0.15, 0.2) is 0 Å². The van der Waals surface area contributed by atoms with Crippen LogP contribution in [0, 0.1) is 5.92 Å². The first kappa shape index (κ1) is 23.9. The number of hydrogen-bond acceptors (Lipinski definition) is 5. The van der Waals surface area contributed by atoms with Crippen molar-refractivity contribution in [1.82, 2.24) is 9.80 Å². The predicted molar refractivity (Wildman–Crippen MR) is 134 cm³/mol. The van der Waals surface area contributed by atoms with Gasteiger partial charge in [-0.15, -0.1) is 0 Å². The Morgan fingerprint density at radius 2 is 1.86 bits per heavy atom. The van der Waals surface area contributed by atoms with E-state index < -0.39 is 11.0 Å². The highest BCUT2D eigenvalue weighted by Crippen LogP contribution is 2.55. The molecule has 2 aromatic rings. The van der Waals surface area contributed by atoms with Crippen LogP contribution in [0.4, 0.5) is 0 Å². The topological polar surface area (TPSA) is 70.1 Å². The molecule has 2 aliphatic carbocycles. The SMILES string of the molecule is CC(=O)OC12CC[C@@H](N(C)C(=O)c3ccccc3)CC1(c1cccc(O)c1)CCN(CC1CC1)C2. The summed E-state index contributed by atoms with van der Waals surface area (Å²) in [6.07, 6.45) is 5.52. The molecule has 3 atom stereocenters. The van der Waals surface area contributed by atoms with E-state index in [9.17, 15) is 14.7 Å². The number of benzene rings is 2. The van der Waals surface area contributed by atoms with Gasteiger partial charge in [-0.05, 0) is 80.8 Å². The highest BCUT2D eigenvalue weighted by Gasteiger charge is 2.61. The number of hydrogen-bond donors (Lipinski definition) is 1. The van der Waals surface area contributed by atoms with Gasteiger partial charge in [-0.25, -0.2) is 0 Å². The van der Waals surface area contributed by atoms with E-state index in [-0.39, 0.29) is 23.7 Å². The van der Waals surface area contributed by atoms with Crippen molar-refractivity contribution in [3.63, 3.8) is 0 Å². The second-order valence-corrected chi connectivity index (χ2v) is 10.8. The number of rotatable bonds is 6. The van der Waals surface area contributed by atoms with Gasteiger partial charge in [0.1, 0.15) is 11.4 Å². The molecule has 6 nitrogen and oxygen atoms in total. The van der Waals surface area contributed by atoms with Crippen molar-refractivity contribution in [3.8, 4) is 5.75 Å². The lowest BCUT2D eigenvalue weighted by Gasteiger charge is -2.60. The fourth-order valence-electron chi connectivity index (χ4n) is 6.57. The lowest BCUT2D eigenvalue weighted by atomic mass is 9.55. The average Bonchev–Trinajstić information content (AvgIpc) is 3.67. The van der Waals surface area contributed by atoms with Crippen LogP contribution in [0.1, 0.15) is 61.4 Å². The minimum absolute atomic E-state index is 0.00344. The van der Waals surface area contributed by atoms with Gasteiger partial charge >= 0.3 is 5.97 Å². The van der Waals surface area contributed by atoms with Crippen LogP contribution in [0.3, 0.4) is 0 Å². The van der Waals surface area contributed by atoms with E-state index in [0.717, 1.165) is 37.4 Å². The maximum Gasteiger partial charge on any atom is 0.303 e. The zero-order valence-corrected chi connectivity index (χ0v) is 20.8. The molecule has 0 bridgehead atoms. The van der Waals surface area contributed by atoms with Gasteiger partial charge in [0, 0.05) is 44.1 Å². The summed E-state index contributed by atoms with van der Waals surface area (Å²) in [6, 6.07) is 16.8. The summed E-state index contributed by atoms with van der Waals surface area (Å²) in [4.78, 5) is 30.2. The van der Waals surface area contributed by atoms with Gasteiger partial charge in [0.05, 0.1) is 0 Å². The molecular formula is C29H36N2O4. The first-order valence-electron chi connectivity index (χ1n) is 12.9. The number of nitrogens with zero attached hydrogens (tertiary/aromatic N) is 2. The van der Waals surface area contributed by atoms with Crippen LogP contribution < -0.4 is 0 Å². The molecule has 3 aliphatic rings. The van der Waals surface area contributed by atoms with Crippen LogP contribution in [0.25, 0.3) is 0 Å². The van der Waals surface area contributed by atoms with E-state index in [1.165, 1.54) is 19.8 Å². The number of carbonyl (C=O) groups excluding carboxylic acids is 2. The largest absolute Gasteiger partial charge is 0.508 e. The third kappa shape index (κ3) is 4.56. The highest BCUT2D eigenvalue weighted by molar-refractivity contribution is 5.94. The van der Waals surface area contributed by atoms with E-state index in [0.29, 0.717) is 24.9 Å². The van der Waals surface area contributed by atoms with Gasteiger partial charge in [0.25, 0.3) is 5.91 Å². The van der Waals surface area contributed by atoms with Gasteiger partial charge in [-0.1, -0.05) is 30.3 Å². The Labute approximate surface area is 207 Å². The van der Waals surface area contributed by atoms with Crippen LogP contribution in [0.5, 0.6) is 5.75 Å². The summed E-state index contributed by atoms with van der Waals surface area (Å²) in [7, 11) is 1.89. The summed E-state index contributed by atoms with van der Waals surface area (Å²) in [5, 5.41) is 10.4. The predicted octanol–water partition coefficient (Wildman–Crippen LogP) is 4.37. The maximum absolute atomic E-state index is 13.3. The Hall–Kier alpha value is -2.86. The molecule has 0 spiro atoms. The van der Waals surface area contributed by atoms with Gasteiger partial charge < -0.3 is 14.7 Å². The molecular weight excluding hydrogens is 440 g/mol. The second kappa shape index (κ2) is 9.30. The number of ether oxygens (including phenoxy) is 1. The van der Waals surface area contributed by atoms with E-state index in [4.69, 9.17) is 4.74 Å². The van der Waals surface area contributed by atoms with Gasteiger partial charge in [0.2, 0.25) is 0 Å². The molecule has 1 heterocycles. The van der Waals surface area contributed by atoms with Crippen molar-refractivity contribution in [2.24, 2.45) is 5.92 Å². The van der Waals surface area contributed by atoms with Crippen molar-refractivity contribution in [2.75, 3.05) is 26.7 Å². The average molecular weight is 477 g/mol. The number of fused-ring (bicyclic) bond motifs is 1. The Morgan fingerprint density at radius 1 is 1.09 bits per heavy atom. The Bertz CT molecular complexity index is 1090. The monoisotopic (exact) mass is 476 g/mol. The number of piperidine rings is 1. The summed E-state index contributed by atoms with van der Waals surface area (Å²) in [5.74, 6) is 0.705. The number of phenols is 1. The zero-order valence-electron chi connectivity index (χ0n) is 20.8. The fraction of sp³-hybridized carbons (Fsp3) is 0.517. The quantitative estimate of drug-likeness (QED) is 0.627. The summed E-state index contributed by atoms with van der Waals surface area (Å²) in [6.45, 7) is 4.16. The number of phenolic OH excluding ortho intramolecular Hbond substituents is 1. The normalized spacial score (nSPS) is 28.7. The molecule has 6 heteroatoms. The molecule has 3 fully saturated rings. The third-order valence-electron chi connectivity index (χ3n) is 8.51. The molecule has 0 aromatic heterocycles. The summed E-state index contributed by atoms with van der Waals surface area (Å²) < 4.78 is 6.32. The lowest BCUT2D eigenvalue weighted by molar-refractivity contribution is -0.188. The summed E-state index contributed by atoms with van der Waals surface area (Å²) in [5.41, 5.74) is 0.506. The Balaban J connectivity index is 1.52. The van der Waals surface area contributed by atoms with Crippen molar-refractivity contribution >= 4 is 11.9 Å². The van der Waals surface area contributed by atoms with Gasteiger partial charge in [-0.2, -0.15) is 0 Å². The molecule has 1 saturated heterocycles. The van der Waals surface area contributed by atoms with Crippen molar-refractivity contribution in [3.05, 3.63) is 65.7 Å². The van der Waals surface area contributed by atoms with Crippen molar-refractivity contribution in [2.45, 2.75) is 62.5 Å². The Morgan fingerprint density at radius 3 is 2.54 bits per heavy atom. The van der Waals surface area contributed by atoms with Crippen molar-refractivity contribution in [1.29, 1.82) is 0 Å². The van der Waals surface area contributed by atoms with Crippen LogP contribution in [-0.4, -0.2) is 65.1 Å². The number of aromatic hydroxyl groups is 1. The molecule has 186 valence electrons. The number of esters is 1. The van der Waals surface area contributed by atoms with Crippen LogP contribution in [-0.2, 0) is 14.9 Å².